The van der Waals surface area contributed by atoms with Crippen LogP contribution in [0.25, 0.3) is 0 Å². The number of allylic oxidation sites excluding steroid dienone is 1. The maximum Gasteiger partial charge on any atom is 0.225 e. The summed E-state index contributed by atoms with van der Waals surface area (Å²) in [6.07, 6.45) is 4.06. The van der Waals surface area contributed by atoms with E-state index in [0.29, 0.717) is 0 Å². The second-order valence-electron chi connectivity index (χ2n) is 6.17. The number of nitrogens with zero attached hydrogens (tertiary/aromatic N) is 4. The van der Waals surface area contributed by atoms with Crippen molar-refractivity contribution in [2.45, 2.75) is 33.6 Å². The molecule has 3 heterocycles. The molecule has 3 rings (SSSR count). The van der Waals surface area contributed by atoms with Gasteiger partial charge in [0.2, 0.25) is 5.95 Å². The molecule has 0 amide bonds. The van der Waals surface area contributed by atoms with Crippen molar-refractivity contribution < 1.29 is 0 Å². The minimum absolute atomic E-state index is 0.827. The van der Waals surface area contributed by atoms with Crippen molar-refractivity contribution in [3.63, 3.8) is 0 Å². The summed E-state index contributed by atoms with van der Waals surface area (Å²) in [5.74, 6) is 7.11. The molecule has 0 N–H and O–H groups in total. The lowest BCUT2D eigenvalue weighted by molar-refractivity contribution is 0.665. The first-order valence-electron chi connectivity index (χ1n) is 8.30. The van der Waals surface area contributed by atoms with Crippen LogP contribution in [0.4, 0.5) is 5.95 Å². The molecule has 0 radical (unpaired) electrons. The molecule has 0 atom stereocenters. The predicted molar refractivity (Wildman–Crippen MR) is 96.9 cm³/mol. The van der Waals surface area contributed by atoms with E-state index in [9.17, 15) is 0 Å². The molecule has 1 aliphatic rings. The maximum absolute atomic E-state index is 4.55. The zero-order valence-electron chi connectivity index (χ0n) is 14.5. The Hall–Kier alpha value is -2.67. The summed E-state index contributed by atoms with van der Waals surface area (Å²) in [5.41, 5.74) is 5.26. The molecule has 2 aromatic heterocycles. The van der Waals surface area contributed by atoms with E-state index >= 15 is 0 Å². The summed E-state index contributed by atoms with van der Waals surface area (Å²) in [4.78, 5) is 15.8. The van der Waals surface area contributed by atoms with Gasteiger partial charge in [0.05, 0.1) is 0 Å². The summed E-state index contributed by atoms with van der Waals surface area (Å²) < 4.78 is 0. The molecule has 0 saturated carbocycles. The Balaban J connectivity index is 1.63. The van der Waals surface area contributed by atoms with Crippen LogP contribution in [0.15, 0.2) is 35.9 Å². The Bertz CT molecular complexity index is 797. The van der Waals surface area contributed by atoms with Gasteiger partial charge < -0.3 is 4.90 Å². The van der Waals surface area contributed by atoms with Crippen LogP contribution in [0.1, 0.15) is 35.6 Å². The van der Waals surface area contributed by atoms with E-state index in [0.717, 1.165) is 54.7 Å². The third-order valence-electron chi connectivity index (χ3n) is 4.02. The van der Waals surface area contributed by atoms with Gasteiger partial charge in [-0.1, -0.05) is 17.6 Å². The van der Waals surface area contributed by atoms with E-state index in [-0.39, 0.29) is 0 Å². The number of piperidine rings is 1. The normalized spacial score (nSPS) is 14.1. The highest BCUT2D eigenvalue weighted by Gasteiger charge is 2.16. The Labute approximate surface area is 143 Å². The Kier molecular flexibility index (Phi) is 4.90. The summed E-state index contributed by atoms with van der Waals surface area (Å²) in [6, 6.07) is 7.92. The number of aryl methyl sites for hydroxylation is 3. The monoisotopic (exact) mass is 318 g/mol. The van der Waals surface area contributed by atoms with Crippen molar-refractivity contribution in [2.75, 3.05) is 18.0 Å². The Morgan fingerprint density at radius 1 is 0.958 bits per heavy atom. The lowest BCUT2D eigenvalue weighted by Crippen LogP contribution is -2.32. The standard InChI is InChI=1S/C20H22N4/c1-15-6-4-8-19(21-15)9-5-7-18-10-12-24(13-11-18)20-22-16(2)14-17(3)23-20/h4,6-8,14H,10-13H2,1-3H3. The number of hydrogen-bond acceptors (Lipinski definition) is 4. The minimum atomic E-state index is 0.827. The van der Waals surface area contributed by atoms with Gasteiger partial charge in [-0.15, -0.1) is 0 Å². The van der Waals surface area contributed by atoms with Crippen LogP contribution >= 0.6 is 0 Å². The second-order valence-corrected chi connectivity index (χ2v) is 6.17. The summed E-state index contributed by atoms with van der Waals surface area (Å²) in [5, 5.41) is 0. The van der Waals surface area contributed by atoms with Crippen LogP contribution < -0.4 is 4.90 Å². The molecule has 0 spiro atoms. The molecule has 1 saturated heterocycles. The molecule has 4 heteroatoms. The van der Waals surface area contributed by atoms with Crippen LogP contribution in [0.3, 0.4) is 0 Å². The SMILES string of the molecule is Cc1cccc(C#CC=C2CCN(c3nc(C)cc(C)n3)CC2)n1. The first kappa shape index (κ1) is 16.2. The number of pyridine rings is 1. The molecule has 0 unspecified atom stereocenters. The average Bonchev–Trinajstić information content (AvgIpc) is 2.55. The highest BCUT2D eigenvalue weighted by Crippen LogP contribution is 2.20. The average molecular weight is 318 g/mol. The number of anilines is 1. The zero-order valence-corrected chi connectivity index (χ0v) is 14.5. The Morgan fingerprint density at radius 2 is 1.67 bits per heavy atom. The maximum atomic E-state index is 4.55. The quantitative estimate of drug-likeness (QED) is 0.756. The topological polar surface area (TPSA) is 41.9 Å². The minimum Gasteiger partial charge on any atom is -0.340 e. The fourth-order valence-electron chi connectivity index (χ4n) is 2.81. The fraction of sp³-hybridized carbons (Fsp3) is 0.350. The molecule has 2 aromatic rings. The van der Waals surface area contributed by atoms with Crippen molar-refractivity contribution in [1.29, 1.82) is 0 Å². The van der Waals surface area contributed by atoms with E-state index in [2.05, 4.69) is 31.7 Å². The van der Waals surface area contributed by atoms with Crippen molar-refractivity contribution in [2.24, 2.45) is 0 Å². The molecular formula is C20H22N4. The molecule has 0 bridgehead atoms. The largest absolute Gasteiger partial charge is 0.340 e. The van der Waals surface area contributed by atoms with Gasteiger partial charge in [0.25, 0.3) is 0 Å². The van der Waals surface area contributed by atoms with E-state index < -0.39 is 0 Å². The molecule has 1 fully saturated rings. The van der Waals surface area contributed by atoms with Gasteiger partial charge in [0.15, 0.2) is 0 Å². The molecule has 1 aliphatic heterocycles. The second kappa shape index (κ2) is 7.27. The van der Waals surface area contributed by atoms with Crippen molar-refractivity contribution in [3.8, 4) is 11.8 Å². The van der Waals surface area contributed by atoms with E-state index in [1.165, 1.54) is 5.57 Å². The fourth-order valence-corrected chi connectivity index (χ4v) is 2.81. The lowest BCUT2D eigenvalue weighted by Gasteiger charge is -2.28. The summed E-state index contributed by atoms with van der Waals surface area (Å²) in [7, 11) is 0. The van der Waals surface area contributed by atoms with Gasteiger partial charge >= 0.3 is 0 Å². The van der Waals surface area contributed by atoms with E-state index in [1.54, 1.807) is 0 Å². The van der Waals surface area contributed by atoms with Crippen molar-refractivity contribution in [3.05, 3.63) is 58.7 Å². The summed E-state index contributed by atoms with van der Waals surface area (Å²) in [6.45, 7) is 7.90. The van der Waals surface area contributed by atoms with Crippen LogP contribution in [0.5, 0.6) is 0 Å². The summed E-state index contributed by atoms with van der Waals surface area (Å²) >= 11 is 0. The van der Waals surface area contributed by atoms with Gasteiger partial charge in [-0.3, -0.25) is 0 Å². The number of rotatable bonds is 1. The molecule has 0 aliphatic carbocycles. The van der Waals surface area contributed by atoms with Crippen LogP contribution in [0.2, 0.25) is 0 Å². The Morgan fingerprint density at radius 3 is 2.33 bits per heavy atom. The smallest absolute Gasteiger partial charge is 0.225 e. The number of hydrogen-bond donors (Lipinski definition) is 0. The van der Waals surface area contributed by atoms with Gasteiger partial charge in [0.1, 0.15) is 5.69 Å². The first-order chi connectivity index (χ1) is 11.6. The van der Waals surface area contributed by atoms with Crippen molar-refractivity contribution in [1.82, 2.24) is 15.0 Å². The van der Waals surface area contributed by atoms with Crippen LogP contribution in [-0.2, 0) is 0 Å². The highest BCUT2D eigenvalue weighted by molar-refractivity contribution is 5.37. The van der Waals surface area contributed by atoms with Gasteiger partial charge in [-0.05, 0) is 63.8 Å². The predicted octanol–water partition coefficient (Wildman–Crippen LogP) is 3.38. The molecule has 4 nitrogen and oxygen atoms in total. The van der Waals surface area contributed by atoms with Crippen molar-refractivity contribution >= 4 is 5.95 Å². The third-order valence-corrected chi connectivity index (χ3v) is 4.02. The number of aromatic nitrogens is 3. The highest BCUT2D eigenvalue weighted by atomic mass is 15.3. The molecular weight excluding hydrogens is 296 g/mol. The zero-order chi connectivity index (χ0) is 16.9. The van der Waals surface area contributed by atoms with E-state index in [1.807, 2.05) is 51.1 Å². The van der Waals surface area contributed by atoms with Gasteiger partial charge in [0, 0.05) is 30.2 Å². The van der Waals surface area contributed by atoms with Crippen LogP contribution in [0, 0.1) is 32.6 Å². The van der Waals surface area contributed by atoms with Gasteiger partial charge in [-0.25, -0.2) is 15.0 Å². The van der Waals surface area contributed by atoms with E-state index in [4.69, 9.17) is 0 Å². The molecule has 122 valence electrons. The third kappa shape index (κ3) is 4.20. The first-order valence-corrected chi connectivity index (χ1v) is 8.30. The van der Waals surface area contributed by atoms with Gasteiger partial charge in [-0.2, -0.15) is 0 Å². The van der Waals surface area contributed by atoms with Crippen LogP contribution in [-0.4, -0.2) is 28.0 Å². The molecule has 24 heavy (non-hydrogen) atoms. The molecule has 0 aromatic carbocycles. The lowest BCUT2D eigenvalue weighted by atomic mass is 10.0.